The molecule has 1 aliphatic carbocycles. The van der Waals surface area contributed by atoms with Gasteiger partial charge in [-0.1, -0.05) is 18.2 Å². The van der Waals surface area contributed by atoms with Crippen LogP contribution in [0.15, 0.2) is 54.6 Å². The number of halogens is 1. The van der Waals surface area contributed by atoms with Crippen molar-refractivity contribution < 1.29 is 28.4 Å². The molecule has 2 N–H and O–H groups in total. The number of nitrogens with one attached hydrogen (secondary N) is 1. The number of nitrogens with zero attached hydrogens (tertiary/aromatic N) is 1. The molecule has 3 aromatic carbocycles. The number of ether oxygens (including phenoxy) is 4. The predicted molar refractivity (Wildman–Crippen MR) is 165 cm³/mol. The lowest BCUT2D eigenvalue weighted by molar-refractivity contribution is 0.103. The first kappa shape index (κ1) is 31.6. The Balaban J connectivity index is 1.37. The molecule has 0 saturated carbocycles. The Kier molecular flexibility index (Phi) is 11.9. The van der Waals surface area contributed by atoms with Crippen molar-refractivity contribution in [1.82, 2.24) is 4.90 Å². The number of phenols is 1. The summed E-state index contributed by atoms with van der Waals surface area (Å²) in [5.41, 5.74) is 5.71. The Hall–Kier alpha value is -3.33. The molecule has 2 unspecified atom stereocenters. The third-order valence-electron chi connectivity index (χ3n) is 7.95. The van der Waals surface area contributed by atoms with Gasteiger partial charge in [0.15, 0.2) is 11.6 Å². The van der Waals surface area contributed by atoms with Crippen LogP contribution in [-0.2, 0) is 28.7 Å². The van der Waals surface area contributed by atoms with Crippen LogP contribution in [0.3, 0.4) is 0 Å². The summed E-state index contributed by atoms with van der Waals surface area (Å²) in [6.07, 6.45) is 3.52. The van der Waals surface area contributed by atoms with Crippen molar-refractivity contribution in [2.45, 2.75) is 44.6 Å². The van der Waals surface area contributed by atoms with E-state index in [-0.39, 0.29) is 17.6 Å². The summed E-state index contributed by atoms with van der Waals surface area (Å²) in [4.78, 5) is 2.18. The molecule has 0 heterocycles. The molecular formula is C34H45FN2O5. The van der Waals surface area contributed by atoms with Gasteiger partial charge in [-0.05, 0) is 91.1 Å². The van der Waals surface area contributed by atoms with Gasteiger partial charge in [-0.15, -0.1) is 0 Å². The van der Waals surface area contributed by atoms with Crippen LogP contribution in [-0.4, -0.2) is 76.8 Å². The maximum atomic E-state index is 15.0. The van der Waals surface area contributed by atoms with Crippen LogP contribution in [0.1, 0.15) is 41.5 Å². The molecule has 1 aliphatic rings. The molecule has 0 radical (unpaired) electrons. The lowest BCUT2D eigenvalue weighted by atomic mass is 9.79. The minimum atomic E-state index is -0.353. The topological polar surface area (TPSA) is 72.4 Å². The summed E-state index contributed by atoms with van der Waals surface area (Å²) >= 11 is 0. The summed E-state index contributed by atoms with van der Waals surface area (Å²) in [7, 11) is 5.03. The molecule has 0 fully saturated rings. The van der Waals surface area contributed by atoms with Crippen molar-refractivity contribution in [3.8, 4) is 17.2 Å². The summed E-state index contributed by atoms with van der Waals surface area (Å²) in [5, 5.41) is 13.6. The quantitative estimate of drug-likeness (QED) is 0.221. The van der Waals surface area contributed by atoms with Crippen LogP contribution in [0.5, 0.6) is 17.2 Å². The highest BCUT2D eigenvalue weighted by Gasteiger charge is 2.23. The second kappa shape index (κ2) is 15.8. The Morgan fingerprint density at radius 1 is 0.929 bits per heavy atom. The van der Waals surface area contributed by atoms with Crippen molar-refractivity contribution in [2.24, 2.45) is 0 Å². The number of aromatic hydroxyl groups is 1. The van der Waals surface area contributed by atoms with E-state index >= 15 is 0 Å². The van der Waals surface area contributed by atoms with Crippen molar-refractivity contribution >= 4 is 5.69 Å². The van der Waals surface area contributed by atoms with Crippen LogP contribution in [0, 0.1) is 5.82 Å². The smallest absolute Gasteiger partial charge is 0.165 e. The van der Waals surface area contributed by atoms with Gasteiger partial charge in [0.1, 0.15) is 18.1 Å². The van der Waals surface area contributed by atoms with Gasteiger partial charge in [-0.3, -0.25) is 4.90 Å². The molecule has 4 rings (SSSR count). The van der Waals surface area contributed by atoms with Crippen molar-refractivity contribution in [3.05, 3.63) is 82.7 Å². The third kappa shape index (κ3) is 8.84. The summed E-state index contributed by atoms with van der Waals surface area (Å²) in [5.74, 6) is 1.39. The van der Waals surface area contributed by atoms with Gasteiger partial charge in [0.2, 0.25) is 0 Å². The molecule has 7 nitrogen and oxygen atoms in total. The molecule has 0 spiro atoms. The number of benzene rings is 3. The van der Waals surface area contributed by atoms with E-state index in [1.807, 2.05) is 24.3 Å². The minimum Gasteiger partial charge on any atom is -0.508 e. The number of fused-ring (bicyclic) bond motifs is 1. The highest BCUT2D eigenvalue weighted by molar-refractivity contribution is 5.58. The maximum absolute atomic E-state index is 15.0. The molecule has 0 bridgehead atoms. The largest absolute Gasteiger partial charge is 0.508 e. The minimum absolute atomic E-state index is 0.0602. The summed E-state index contributed by atoms with van der Waals surface area (Å²) < 4.78 is 36.7. The molecule has 8 heteroatoms. The van der Waals surface area contributed by atoms with Gasteiger partial charge >= 0.3 is 0 Å². The van der Waals surface area contributed by atoms with Gasteiger partial charge in [-0.25, -0.2) is 4.39 Å². The normalized spacial score (nSPS) is 15.3. The number of phenolic OH excluding ortho intramolecular Hbond substituents is 1. The highest BCUT2D eigenvalue weighted by Crippen LogP contribution is 2.38. The fraction of sp³-hybridized carbons (Fsp3) is 0.471. The van der Waals surface area contributed by atoms with E-state index in [0.29, 0.717) is 44.5 Å². The highest BCUT2D eigenvalue weighted by atomic mass is 19.1. The number of hydrogen-bond acceptors (Lipinski definition) is 7. The average molecular weight is 581 g/mol. The Labute approximate surface area is 249 Å². The third-order valence-corrected chi connectivity index (χ3v) is 7.95. The fourth-order valence-electron chi connectivity index (χ4n) is 5.67. The van der Waals surface area contributed by atoms with E-state index in [2.05, 4.69) is 29.3 Å². The monoisotopic (exact) mass is 580 g/mol. The first-order valence-electron chi connectivity index (χ1n) is 14.8. The molecular weight excluding hydrogens is 535 g/mol. The second-order valence-corrected chi connectivity index (χ2v) is 11.0. The van der Waals surface area contributed by atoms with Gasteiger partial charge in [0.25, 0.3) is 0 Å². The predicted octanol–water partition coefficient (Wildman–Crippen LogP) is 5.83. The van der Waals surface area contributed by atoms with Gasteiger partial charge < -0.3 is 29.4 Å². The summed E-state index contributed by atoms with van der Waals surface area (Å²) in [6.45, 7) is 5.93. The van der Waals surface area contributed by atoms with E-state index in [1.54, 1.807) is 39.5 Å². The standard InChI is InChI=1S/C34H45FN2O5/c1-24(19-25-5-12-34(32(35)20-25)42-18-15-37(13-16-39-2)14-17-40-3)36-33-23-30(41-4)10-11-31(33)28-7-6-27-22-29(38)9-8-26(27)21-28/h5,8-12,20,22-24,28,36,38H,6-7,13-19,21H2,1-4H3. The fourth-order valence-corrected chi connectivity index (χ4v) is 5.67. The lowest BCUT2D eigenvalue weighted by Gasteiger charge is -2.28. The zero-order chi connectivity index (χ0) is 29.9. The lowest BCUT2D eigenvalue weighted by Crippen LogP contribution is -2.34. The van der Waals surface area contributed by atoms with Crippen molar-refractivity contribution in [1.29, 1.82) is 0 Å². The van der Waals surface area contributed by atoms with Crippen LogP contribution in [0.25, 0.3) is 0 Å². The number of aryl methyl sites for hydroxylation is 1. The van der Waals surface area contributed by atoms with Gasteiger partial charge in [-0.2, -0.15) is 0 Å². The first-order chi connectivity index (χ1) is 20.4. The molecule has 0 aromatic heterocycles. The second-order valence-electron chi connectivity index (χ2n) is 11.0. The zero-order valence-corrected chi connectivity index (χ0v) is 25.3. The van der Waals surface area contributed by atoms with Crippen LogP contribution in [0.4, 0.5) is 10.1 Å². The van der Waals surface area contributed by atoms with Crippen molar-refractivity contribution in [2.75, 3.05) is 66.1 Å². The Bertz CT molecular complexity index is 1280. The molecule has 2 atom stereocenters. The van der Waals surface area contributed by atoms with E-state index in [9.17, 15) is 9.50 Å². The number of anilines is 1. The van der Waals surface area contributed by atoms with Crippen LogP contribution >= 0.6 is 0 Å². The SMILES string of the molecule is COCCN(CCOC)CCOc1ccc(CC(C)Nc2cc(OC)ccc2C2CCc3cc(O)ccc3C2)cc1F. The Morgan fingerprint density at radius 3 is 2.40 bits per heavy atom. The molecule has 42 heavy (non-hydrogen) atoms. The van der Waals surface area contributed by atoms with Gasteiger partial charge in [0, 0.05) is 51.6 Å². The average Bonchev–Trinajstić information content (AvgIpc) is 2.99. The number of hydrogen-bond donors (Lipinski definition) is 2. The number of methoxy groups -OCH3 is 3. The molecule has 0 amide bonds. The number of rotatable bonds is 16. The van der Waals surface area contributed by atoms with Crippen LogP contribution < -0.4 is 14.8 Å². The van der Waals surface area contributed by atoms with E-state index in [0.717, 1.165) is 49.4 Å². The van der Waals surface area contributed by atoms with Gasteiger partial charge in [0.05, 0.1) is 20.3 Å². The molecule has 0 aliphatic heterocycles. The molecule has 3 aromatic rings. The first-order valence-corrected chi connectivity index (χ1v) is 14.8. The van der Waals surface area contributed by atoms with E-state index < -0.39 is 0 Å². The Morgan fingerprint density at radius 2 is 1.69 bits per heavy atom. The van der Waals surface area contributed by atoms with Crippen molar-refractivity contribution in [3.63, 3.8) is 0 Å². The maximum Gasteiger partial charge on any atom is 0.165 e. The van der Waals surface area contributed by atoms with Crippen LogP contribution in [0.2, 0.25) is 0 Å². The molecule has 0 saturated heterocycles. The van der Waals surface area contributed by atoms with E-state index in [1.165, 1.54) is 16.7 Å². The molecule has 228 valence electrons. The summed E-state index contributed by atoms with van der Waals surface area (Å²) in [6, 6.07) is 17.2. The van der Waals surface area contributed by atoms with E-state index in [4.69, 9.17) is 18.9 Å². The zero-order valence-electron chi connectivity index (χ0n) is 25.3.